The Labute approximate surface area is 139 Å². The zero-order chi connectivity index (χ0) is 17.1. The molecule has 5 nitrogen and oxygen atoms in total. The Morgan fingerprint density at radius 2 is 1.79 bits per heavy atom. The van der Waals surface area contributed by atoms with Gasteiger partial charge in [0.25, 0.3) is 0 Å². The topological polar surface area (TPSA) is 61.2 Å². The van der Waals surface area contributed by atoms with Crippen molar-refractivity contribution in [3.8, 4) is 5.69 Å². The molecule has 0 spiro atoms. The van der Waals surface area contributed by atoms with Crippen LogP contribution in [-0.4, -0.2) is 27.9 Å². The van der Waals surface area contributed by atoms with Crippen molar-refractivity contribution < 1.29 is 14.3 Å². The van der Waals surface area contributed by atoms with Crippen molar-refractivity contribution in [2.24, 2.45) is 0 Å². The van der Waals surface area contributed by atoms with Crippen LogP contribution < -0.4 is 0 Å². The Morgan fingerprint density at radius 1 is 1.08 bits per heavy atom. The average molecular weight is 322 g/mol. The van der Waals surface area contributed by atoms with Gasteiger partial charge in [0.2, 0.25) is 0 Å². The predicted octanol–water partition coefficient (Wildman–Crippen LogP) is 3.47. The van der Waals surface area contributed by atoms with Gasteiger partial charge in [-0.3, -0.25) is 14.2 Å². The van der Waals surface area contributed by atoms with E-state index in [1.807, 2.05) is 47.9 Å². The molecular weight excluding hydrogens is 304 g/mol. The second-order valence-corrected chi connectivity index (χ2v) is 5.43. The number of fused-ring (bicyclic) bond motifs is 1. The number of carbonyl (C=O) groups is 2. The summed E-state index contributed by atoms with van der Waals surface area (Å²) in [6.45, 7) is 3.94. The third-order valence-corrected chi connectivity index (χ3v) is 3.79. The average Bonchev–Trinajstić information content (AvgIpc) is 2.91. The summed E-state index contributed by atoms with van der Waals surface area (Å²) >= 11 is 0. The number of imidazole rings is 1. The number of Topliss-reactive ketones (excluding diaryl/α,β-unsaturated/α-hetero) is 1. The molecule has 0 aliphatic heterocycles. The van der Waals surface area contributed by atoms with E-state index in [4.69, 9.17) is 4.74 Å². The smallest absolute Gasteiger partial charge is 0.313 e. The minimum Gasteiger partial charge on any atom is -0.466 e. The highest BCUT2D eigenvalue weighted by Crippen LogP contribution is 2.21. The molecule has 0 N–H and O–H groups in total. The lowest BCUT2D eigenvalue weighted by molar-refractivity contribution is -0.141. The molecule has 0 unspecified atom stereocenters. The lowest BCUT2D eigenvalue weighted by Crippen LogP contribution is -2.11. The van der Waals surface area contributed by atoms with Crippen LogP contribution in [0.2, 0.25) is 0 Å². The molecule has 1 heterocycles. The first kappa shape index (κ1) is 15.9. The van der Waals surface area contributed by atoms with Gasteiger partial charge in [0.1, 0.15) is 12.2 Å². The molecule has 24 heavy (non-hydrogen) atoms. The number of benzene rings is 2. The van der Waals surface area contributed by atoms with E-state index < -0.39 is 5.97 Å². The zero-order valence-electron chi connectivity index (χ0n) is 13.7. The number of ether oxygens (including phenoxy) is 1. The first-order valence-corrected chi connectivity index (χ1v) is 7.83. The molecule has 0 fully saturated rings. The molecule has 0 bridgehead atoms. The van der Waals surface area contributed by atoms with Gasteiger partial charge in [-0.2, -0.15) is 0 Å². The maximum atomic E-state index is 12.1. The molecule has 0 radical (unpaired) electrons. The van der Waals surface area contributed by atoms with E-state index in [2.05, 4.69) is 4.98 Å². The van der Waals surface area contributed by atoms with E-state index in [9.17, 15) is 9.59 Å². The molecule has 0 aliphatic rings. The molecule has 3 aromatic rings. The van der Waals surface area contributed by atoms with Gasteiger partial charge in [-0.25, -0.2) is 4.98 Å². The lowest BCUT2D eigenvalue weighted by Gasteiger charge is -2.08. The van der Waals surface area contributed by atoms with Crippen LogP contribution >= 0.6 is 0 Å². The number of rotatable bonds is 5. The second kappa shape index (κ2) is 6.66. The van der Waals surface area contributed by atoms with Gasteiger partial charge in [0.05, 0.1) is 17.6 Å². The SMILES string of the molecule is CCOC(=O)CC(=O)c1ccc(-n2c(C)nc3ccccc32)cc1. The van der Waals surface area contributed by atoms with Gasteiger partial charge in [-0.15, -0.1) is 0 Å². The van der Waals surface area contributed by atoms with Crippen molar-refractivity contribution in [2.75, 3.05) is 6.61 Å². The minimum absolute atomic E-state index is 0.236. The van der Waals surface area contributed by atoms with Crippen molar-refractivity contribution in [1.29, 1.82) is 0 Å². The standard InChI is InChI=1S/C19H18N2O3/c1-3-24-19(23)12-18(22)14-8-10-15(11-9-14)21-13(2)20-16-6-4-5-7-17(16)21/h4-11H,3,12H2,1-2H3. The monoisotopic (exact) mass is 322 g/mol. The fourth-order valence-electron chi connectivity index (χ4n) is 2.71. The van der Waals surface area contributed by atoms with Crippen LogP contribution in [0.4, 0.5) is 0 Å². The van der Waals surface area contributed by atoms with Crippen LogP contribution in [0.1, 0.15) is 29.5 Å². The van der Waals surface area contributed by atoms with E-state index in [-0.39, 0.29) is 18.8 Å². The van der Waals surface area contributed by atoms with Crippen LogP contribution in [-0.2, 0) is 9.53 Å². The summed E-state index contributed by atoms with van der Waals surface area (Å²) < 4.78 is 6.85. The second-order valence-electron chi connectivity index (χ2n) is 5.43. The minimum atomic E-state index is -0.497. The normalized spacial score (nSPS) is 10.8. The van der Waals surface area contributed by atoms with Crippen LogP contribution in [0.15, 0.2) is 48.5 Å². The van der Waals surface area contributed by atoms with Gasteiger partial charge >= 0.3 is 5.97 Å². The highest BCUT2D eigenvalue weighted by molar-refractivity contribution is 6.06. The fourth-order valence-corrected chi connectivity index (χ4v) is 2.71. The summed E-state index contributed by atoms with van der Waals surface area (Å²) in [6.07, 6.45) is -0.236. The number of hydrogen-bond donors (Lipinski definition) is 0. The van der Waals surface area contributed by atoms with Crippen molar-refractivity contribution in [1.82, 2.24) is 9.55 Å². The molecule has 2 aromatic carbocycles. The number of carbonyl (C=O) groups excluding carboxylic acids is 2. The van der Waals surface area contributed by atoms with E-state index in [0.717, 1.165) is 22.5 Å². The number of aromatic nitrogens is 2. The van der Waals surface area contributed by atoms with E-state index in [0.29, 0.717) is 5.56 Å². The maximum Gasteiger partial charge on any atom is 0.313 e. The van der Waals surface area contributed by atoms with Gasteiger partial charge in [-0.05, 0) is 50.2 Å². The summed E-state index contributed by atoms with van der Waals surface area (Å²) in [5.74, 6) is 0.136. The molecule has 3 rings (SSSR count). The molecule has 0 saturated carbocycles. The van der Waals surface area contributed by atoms with E-state index >= 15 is 0 Å². The predicted molar refractivity (Wildman–Crippen MR) is 91.4 cm³/mol. The van der Waals surface area contributed by atoms with Crippen LogP contribution in [0.25, 0.3) is 16.7 Å². The van der Waals surface area contributed by atoms with Crippen molar-refractivity contribution >= 4 is 22.8 Å². The summed E-state index contributed by atoms with van der Waals surface area (Å²) in [5, 5.41) is 0. The fraction of sp³-hybridized carbons (Fsp3) is 0.211. The first-order chi connectivity index (χ1) is 11.6. The van der Waals surface area contributed by atoms with Crippen LogP contribution in [0.3, 0.4) is 0 Å². The number of ketones is 1. The Hall–Kier alpha value is -2.95. The zero-order valence-corrected chi connectivity index (χ0v) is 13.7. The molecule has 5 heteroatoms. The molecular formula is C19H18N2O3. The van der Waals surface area contributed by atoms with Crippen molar-refractivity contribution in [3.05, 3.63) is 59.9 Å². The van der Waals surface area contributed by atoms with Gasteiger partial charge in [0.15, 0.2) is 5.78 Å². The molecule has 0 amide bonds. The molecule has 0 saturated heterocycles. The van der Waals surface area contributed by atoms with Gasteiger partial charge < -0.3 is 4.74 Å². The largest absolute Gasteiger partial charge is 0.466 e. The molecule has 122 valence electrons. The number of hydrogen-bond acceptors (Lipinski definition) is 4. The third-order valence-electron chi connectivity index (χ3n) is 3.79. The molecule has 1 aromatic heterocycles. The Kier molecular flexibility index (Phi) is 4.42. The van der Waals surface area contributed by atoms with E-state index in [1.54, 1.807) is 19.1 Å². The number of para-hydroxylation sites is 2. The summed E-state index contributed by atoms with van der Waals surface area (Å²) in [7, 11) is 0. The molecule has 0 aliphatic carbocycles. The van der Waals surface area contributed by atoms with E-state index in [1.165, 1.54) is 0 Å². The summed E-state index contributed by atoms with van der Waals surface area (Å²) in [5.41, 5.74) is 3.36. The number of aryl methyl sites for hydroxylation is 1. The van der Waals surface area contributed by atoms with Crippen LogP contribution in [0.5, 0.6) is 0 Å². The number of nitrogens with zero attached hydrogens (tertiary/aromatic N) is 2. The maximum absolute atomic E-state index is 12.1. The van der Waals surface area contributed by atoms with Gasteiger partial charge in [0, 0.05) is 11.3 Å². The quantitative estimate of drug-likeness (QED) is 0.410. The lowest BCUT2D eigenvalue weighted by atomic mass is 10.1. The van der Waals surface area contributed by atoms with Crippen molar-refractivity contribution in [3.63, 3.8) is 0 Å². The summed E-state index contributed by atoms with van der Waals surface area (Å²) in [4.78, 5) is 28.0. The highest BCUT2D eigenvalue weighted by atomic mass is 16.5. The third kappa shape index (κ3) is 3.06. The Bertz CT molecular complexity index is 895. The Balaban J connectivity index is 1.88. The number of esters is 1. The summed E-state index contributed by atoms with van der Waals surface area (Å²) in [6, 6.07) is 15.1. The highest BCUT2D eigenvalue weighted by Gasteiger charge is 2.14. The first-order valence-electron chi connectivity index (χ1n) is 7.83. The Morgan fingerprint density at radius 3 is 2.50 bits per heavy atom. The van der Waals surface area contributed by atoms with Crippen LogP contribution in [0, 0.1) is 6.92 Å². The molecule has 0 atom stereocenters. The van der Waals surface area contributed by atoms with Gasteiger partial charge in [-0.1, -0.05) is 12.1 Å². The van der Waals surface area contributed by atoms with Crippen molar-refractivity contribution in [2.45, 2.75) is 20.3 Å².